The number of fused-ring (bicyclic) bond motifs is 1. The number of ether oxygens (including phenoxy) is 1. The van der Waals surface area contributed by atoms with Crippen LogP contribution in [0.5, 0.6) is 0 Å². The van der Waals surface area contributed by atoms with Crippen molar-refractivity contribution in [3.8, 4) is 0 Å². The van der Waals surface area contributed by atoms with Crippen molar-refractivity contribution >= 4 is 0 Å². The molecule has 2 fully saturated rings. The first kappa shape index (κ1) is 9.19. The zero-order chi connectivity index (χ0) is 9.47. The molecule has 2 atom stereocenters. The average molecular weight is 183 g/mol. The van der Waals surface area contributed by atoms with Crippen LogP contribution in [-0.2, 0) is 4.74 Å². The molecular weight excluding hydrogens is 166 g/mol. The first-order chi connectivity index (χ1) is 6.23. The van der Waals surface area contributed by atoms with Gasteiger partial charge in [0.2, 0.25) is 0 Å². The van der Waals surface area contributed by atoms with Crippen LogP contribution in [0, 0.1) is 0 Å². The van der Waals surface area contributed by atoms with E-state index in [1.165, 1.54) is 5.57 Å². The van der Waals surface area contributed by atoms with Gasteiger partial charge in [0.1, 0.15) is 0 Å². The second-order valence-electron chi connectivity index (χ2n) is 4.12. The molecule has 3 nitrogen and oxygen atoms in total. The van der Waals surface area contributed by atoms with E-state index in [9.17, 15) is 5.11 Å². The van der Waals surface area contributed by atoms with Crippen molar-refractivity contribution in [3.63, 3.8) is 0 Å². The van der Waals surface area contributed by atoms with Crippen molar-refractivity contribution in [1.29, 1.82) is 0 Å². The van der Waals surface area contributed by atoms with Crippen molar-refractivity contribution in [2.45, 2.75) is 24.5 Å². The fourth-order valence-electron chi connectivity index (χ4n) is 2.78. The number of aliphatic hydroxyl groups is 1. The monoisotopic (exact) mass is 183 g/mol. The van der Waals surface area contributed by atoms with E-state index in [2.05, 4.69) is 11.5 Å². The third-order valence-electron chi connectivity index (χ3n) is 3.42. The van der Waals surface area contributed by atoms with E-state index in [0.717, 1.165) is 25.9 Å². The minimum Gasteiger partial charge on any atom is -0.394 e. The Balaban J connectivity index is 2.25. The van der Waals surface area contributed by atoms with Gasteiger partial charge < -0.3 is 9.84 Å². The molecule has 1 unspecified atom stereocenters. The lowest BCUT2D eigenvalue weighted by molar-refractivity contribution is -0.0163. The predicted octanol–water partition coefficient (Wildman–Crippen LogP) is 0.398. The van der Waals surface area contributed by atoms with Gasteiger partial charge in [0.15, 0.2) is 0 Å². The molecule has 0 aromatic rings. The minimum atomic E-state index is -0.147. The largest absolute Gasteiger partial charge is 0.394 e. The molecule has 13 heavy (non-hydrogen) atoms. The molecule has 74 valence electrons. The van der Waals surface area contributed by atoms with Crippen LogP contribution in [0.2, 0.25) is 0 Å². The lowest BCUT2D eigenvalue weighted by Gasteiger charge is -2.33. The van der Waals surface area contributed by atoms with Crippen molar-refractivity contribution < 1.29 is 9.84 Å². The van der Waals surface area contributed by atoms with E-state index in [1.807, 2.05) is 0 Å². The van der Waals surface area contributed by atoms with Gasteiger partial charge in [0.25, 0.3) is 0 Å². The molecule has 2 saturated heterocycles. The molecule has 0 bridgehead atoms. The van der Waals surface area contributed by atoms with Crippen LogP contribution in [0.25, 0.3) is 0 Å². The van der Waals surface area contributed by atoms with Crippen LogP contribution in [-0.4, -0.2) is 48.5 Å². The maximum absolute atomic E-state index is 9.48. The van der Waals surface area contributed by atoms with Crippen LogP contribution in [0.1, 0.15) is 12.8 Å². The average Bonchev–Trinajstić information content (AvgIpc) is 2.58. The Labute approximate surface area is 79.0 Å². The van der Waals surface area contributed by atoms with E-state index in [4.69, 9.17) is 4.74 Å². The Hall–Kier alpha value is -0.380. The fraction of sp³-hybridized carbons (Fsp3) is 0.800. The summed E-state index contributed by atoms with van der Waals surface area (Å²) in [5, 5.41) is 9.48. The molecule has 2 aliphatic heterocycles. The molecule has 0 radical (unpaired) electrons. The van der Waals surface area contributed by atoms with Crippen LogP contribution < -0.4 is 0 Å². The van der Waals surface area contributed by atoms with E-state index >= 15 is 0 Å². The van der Waals surface area contributed by atoms with E-state index in [-0.39, 0.29) is 18.2 Å². The summed E-state index contributed by atoms with van der Waals surface area (Å²) in [7, 11) is 1.73. The molecular formula is C10H17NO2. The molecule has 2 rings (SSSR count). The third kappa shape index (κ3) is 1.15. The quantitative estimate of drug-likeness (QED) is 0.629. The van der Waals surface area contributed by atoms with Crippen LogP contribution in [0.15, 0.2) is 12.2 Å². The van der Waals surface area contributed by atoms with Gasteiger partial charge in [0.05, 0.1) is 18.2 Å². The summed E-state index contributed by atoms with van der Waals surface area (Å²) in [5.41, 5.74) is 1.07. The second-order valence-corrected chi connectivity index (χ2v) is 4.12. The third-order valence-corrected chi connectivity index (χ3v) is 3.42. The fourth-order valence-corrected chi connectivity index (χ4v) is 2.78. The normalized spacial score (nSPS) is 39.8. The summed E-state index contributed by atoms with van der Waals surface area (Å²) >= 11 is 0. The molecule has 3 heteroatoms. The summed E-state index contributed by atoms with van der Waals surface area (Å²) in [5.74, 6) is 0. The van der Waals surface area contributed by atoms with Crippen LogP contribution in [0.3, 0.4) is 0 Å². The maximum atomic E-state index is 9.48. The summed E-state index contributed by atoms with van der Waals surface area (Å²) in [6.07, 6.45) is 2.10. The van der Waals surface area contributed by atoms with Gasteiger partial charge >= 0.3 is 0 Å². The smallest absolute Gasteiger partial charge is 0.0792 e. The molecule has 0 aromatic carbocycles. The van der Waals surface area contributed by atoms with Gasteiger partial charge in [-0.2, -0.15) is 0 Å². The molecule has 1 N–H and O–H groups in total. The lowest BCUT2D eigenvalue weighted by atomic mass is 9.91. The second kappa shape index (κ2) is 3.08. The highest BCUT2D eigenvalue weighted by atomic mass is 16.5. The van der Waals surface area contributed by atoms with Gasteiger partial charge in [-0.15, -0.1) is 0 Å². The Morgan fingerprint density at radius 3 is 3.15 bits per heavy atom. The number of aliphatic hydroxyl groups excluding tert-OH is 1. The number of nitrogens with zero attached hydrogens (tertiary/aromatic N) is 1. The first-order valence-electron chi connectivity index (χ1n) is 4.78. The molecule has 0 aliphatic carbocycles. The standard InChI is InChI=1S/C10H17NO2/c1-8-5-10(7-12)9(13-2)3-4-11(10)6-8/h9,12H,1,3-7H2,2H3/t9-,10?/m1/s1. The molecule has 2 aliphatic rings. The summed E-state index contributed by atoms with van der Waals surface area (Å²) in [6, 6.07) is 0. The minimum absolute atomic E-state index is 0.147. The molecule has 0 saturated carbocycles. The van der Waals surface area contributed by atoms with E-state index in [0.29, 0.717) is 0 Å². The van der Waals surface area contributed by atoms with Crippen LogP contribution in [0.4, 0.5) is 0 Å². The highest BCUT2D eigenvalue weighted by Crippen LogP contribution is 2.41. The van der Waals surface area contributed by atoms with Crippen molar-refractivity contribution in [1.82, 2.24) is 4.90 Å². The SMILES string of the molecule is C=C1CN2CC[C@@H](OC)C2(CO)C1. The van der Waals surface area contributed by atoms with Gasteiger partial charge in [-0.1, -0.05) is 12.2 Å². The van der Waals surface area contributed by atoms with Gasteiger partial charge in [-0.05, 0) is 12.8 Å². The van der Waals surface area contributed by atoms with Gasteiger partial charge in [-0.25, -0.2) is 0 Å². The summed E-state index contributed by atoms with van der Waals surface area (Å²) < 4.78 is 5.42. The first-order valence-corrected chi connectivity index (χ1v) is 4.78. The summed E-state index contributed by atoms with van der Waals surface area (Å²) in [4.78, 5) is 2.31. The van der Waals surface area contributed by atoms with Crippen molar-refractivity contribution in [2.24, 2.45) is 0 Å². The summed E-state index contributed by atoms with van der Waals surface area (Å²) in [6.45, 7) is 6.13. The highest BCUT2D eigenvalue weighted by molar-refractivity contribution is 5.20. The van der Waals surface area contributed by atoms with Crippen LogP contribution >= 0.6 is 0 Å². The Morgan fingerprint density at radius 1 is 1.77 bits per heavy atom. The molecule has 0 amide bonds. The Bertz CT molecular complexity index is 229. The Kier molecular flexibility index (Phi) is 2.18. The lowest BCUT2D eigenvalue weighted by Crippen LogP contribution is -2.49. The van der Waals surface area contributed by atoms with Crippen molar-refractivity contribution in [3.05, 3.63) is 12.2 Å². The molecule has 2 heterocycles. The number of hydrogen-bond donors (Lipinski definition) is 1. The number of rotatable bonds is 2. The van der Waals surface area contributed by atoms with E-state index in [1.54, 1.807) is 7.11 Å². The Morgan fingerprint density at radius 2 is 2.54 bits per heavy atom. The van der Waals surface area contributed by atoms with Gasteiger partial charge in [0, 0.05) is 20.2 Å². The highest BCUT2D eigenvalue weighted by Gasteiger charge is 2.52. The zero-order valence-corrected chi connectivity index (χ0v) is 8.12. The number of methoxy groups -OCH3 is 1. The number of hydrogen-bond acceptors (Lipinski definition) is 3. The van der Waals surface area contributed by atoms with Crippen molar-refractivity contribution in [2.75, 3.05) is 26.8 Å². The molecule has 0 spiro atoms. The van der Waals surface area contributed by atoms with Gasteiger partial charge in [-0.3, -0.25) is 4.90 Å². The topological polar surface area (TPSA) is 32.7 Å². The maximum Gasteiger partial charge on any atom is 0.0792 e. The molecule has 0 aromatic heterocycles. The van der Waals surface area contributed by atoms with E-state index < -0.39 is 0 Å². The zero-order valence-electron chi connectivity index (χ0n) is 8.12. The predicted molar refractivity (Wildman–Crippen MR) is 50.6 cm³/mol.